The van der Waals surface area contributed by atoms with E-state index in [1.54, 1.807) is 0 Å². The van der Waals surface area contributed by atoms with Gasteiger partial charge in [-0.15, -0.1) is 0 Å². The Morgan fingerprint density at radius 3 is 2.65 bits per heavy atom. The summed E-state index contributed by atoms with van der Waals surface area (Å²) < 4.78 is 10.9. The van der Waals surface area contributed by atoms with Crippen molar-refractivity contribution >= 4 is 0 Å². The van der Waals surface area contributed by atoms with E-state index in [2.05, 4.69) is 18.3 Å². The number of ether oxygens (including phenoxy) is 2. The molecule has 3 heteroatoms. The van der Waals surface area contributed by atoms with Crippen LogP contribution in [0.1, 0.15) is 26.3 Å². The zero-order chi connectivity index (χ0) is 12.5. The Hall–Kier alpha value is -1.06. The average Bonchev–Trinajstić information content (AvgIpc) is 2.35. The van der Waals surface area contributed by atoms with Crippen LogP contribution in [-0.4, -0.2) is 25.9 Å². The fourth-order valence-electron chi connectivity index (χ4n) is 1.58. The maximum absolute atomic E-state index is 5.58. The van der Waals surface area contributed by atoms with Crippen LogP contribution in [0.2, 0.25) is 0 Å². The predicted octanol–water partition coefficient (Wildman–Crippen LogP) is 2.60. The van der Waals surface area contributed by atoms with Gasteiger partial charge in [0.15, 0.2) is 0 Å². The fourth-order valence-corrected chi connectivity index (χ4v) is 1.58. The maximum atomic E-state index is 5.58. The van der Waals surface area contributed by atoms with Crippen LogP contribution >= 0.6 is 0 Å². The summed E-state index contributed by atoms with van der Waals surface area (Å²) in [4.78, 5) is 0. The topological polar surface area (TPSA) is 30.5 Å². The van der Waals surface area contributed by atoms with Crippen molar-refractivity contribution in [3.05, 3.63) is 29.8 Å². The Morgan fingerprint density at radius 2 is 1.94 bits per heavy atom. The van der Waals surface area contributed by atoms with Gasteiger partial charge in [0.1, 0.15) is 5.75 Å². The van der Waals surface area contributed by atoms with Crippen LogP contribution < -0.4 is 10.1 Å². The number of hydrogen-bond acceptors (Lipinski definition) is 3. The number of benzene rings is 1. The molecule has 96 valence electrons. The predicted molar refractivity (Wildman–Crippen MR) is 70.4 cm³/mol. The monoisotopic (exact) mass is 237 g/mol. The van der Waals surface area contributed by atoms with Gasteiger partial charge in [-0.3, -0.25) is 0 Å². The number of para-hydroxylation sites is 1. The van der Waals surface area contributed by atoms with Gasteiger partial charge in [0.2, 0.25) is 0 Å². The second-order valence-corrected chi connectivity index (χ2v) is 3.98. The summed E-state index contributed by atoms with van der Waals surface area (Å²) in [6.45, 7) is 9.16. The van der Waals surface area contributed by atoms with Gasteiger partial charge >= 0.3 is 0 Å². The van der Waals surface area contributed by atoms with Crippen molar-refractivity contribution < 1.29 is 9.47 Å². The normalized spacial score (nSPS) is 12.4. The molecular weight excluding hydrogens is 214 g/mol. The summed E-state index contributed by atoms with van der Waals surface area (Å²) in [7, 11) is 0. The molecule has 1 rings (SSSR count). The lowest BCUT2D eigenvalue weighted by Gasteiger charge is -2.15. The van der Waals surface area contributed by atoms with Crippen molar-refractivity contribution in [3.8, 4) is 5.75 Å². The fraction of sp³-hybridized carbons (Fsp3) is 0.571. The van der Waals surface area contributed by atoms with Crippen molar-refractivity contribution in [1.82, 2.24) is 5.32 Å². The standard InChI is InChI=1S/C14H23NO2/c1-4-16-11-12(3)15-10-13-8-6-7-9-14(13)17-5-2/h6-9,12,15H,4-5,10-11H2,1-3H3. The van der Waals surface area contributed by atoms with E-state index >= 15 is 0 Å². The summed E-state index contributed by atoms with van der Waals surface area (Å²) in [5, 5.41) is 3.43. The van der Waals surface area contributed by atoms with Crippen LogP contribution in [0.5, 0.6) is 5.75 Å². The van der Waals surface area contributed by atoms with Crippen LogP contribution in [0.25, 0.3) is 0 Å². The lowest BCUT2D eigenvalue weighted by Crippen LogP contribution is -2.30. The quantitative estimate of drug-likeness (QED) is 0.754. The molecule has 0 aliphatic heterocycles. The molecule has 1 unspecified atom stereocenters. The Bertz CT molecular complexity index is 315. The molecule has 0 heterocycles. The smallest absolute Gasteiger partial charge is 0.123 e. The third-order valence-corrected chi connectivity index (χ3v) is 2.49. The maximum Gasteiger partial charge on any atom is 0.123 e. The molecule has 0 saturated heterocycles. The average molecular weight is 237 g/mol. The molecule has 0 bridgehead atoms. The molecule has 0 saturated carbocycles. The van der Waals surface area contributed by atoms with Gasteiger partial charge in [0.25, 0.3) is 0 Å². The number of hydrogen-bond donors (Lipinski definition) is 1. The Labute approximate surface area is 104 Å². The third-order valence-electron chi connectivity index (χ3n) is 2.49. The second kappa shape index (κ2) is 8.09. The van der Waals surface area contributed by atoms with Gasteiger partial charge < -0.3 is 14.8 Å². The van der Waals surface area contributed by atoms with Crippen LogP contribution in [0.3, 0.4) is 0 Å². The summed E-state index contributed by atoms with van der Waals surface area (Å²) in [5.41, 5.74) is 1.19. The minimum atomic E-state index is 0.352. The lowest BCUT2D eigenvalue weighted by molar-refractivity contribution is 0.127. The second-order valence-electron chi connectivity index (χ2n) is 3.98. The SMILES string of the molecule is CCOCC(C)NCc1ccccc1OCC. The summed E-state index contributed by atoms with van der Waals surface area (Å²) in [5.74, 6) is 0.964. The van der Waals surface area contributed by atoms with E-state index in [0.29, 0.717) is 12.6 Å². The van der Waals surface area contributed by atoms with E-state index in [4.69, 9.17) is 9.47 Å². The van der Waals surface area contributed by atoms with Gasteiger partial charge in [0.05, 0.1) is 13.2 Å². The summed E-state index contributed by atoms with van der Waals surface area (Å²) >= 11 is 0. The van der Waals surface area contributed by atoms with Crippen molar-refractivity contribution in [2.45, 2.75) is 33.4 Å². The van der Waals surface area contributed by atoms with Crippen molar-refractivity contribution in [2.75, 3.05) is 19.8 Å². The Kier molecular flexibility index (Phi) is 6.67. The van der Waals surface area contributed by atoms with E-state index in [1.165, 1.54) is 5.56 Å². The highest BCUT2D eigenvalue weighted by atomic mass is 16.5. The minimum absolute atomic E-state index is 0.352. The van der Waals surface area contributed by atoms with E-state index in [1.807, 2.05) is 32.0 Å². The molecule has 0 aliphatic rings. The molecule has 0 spiro atoms. The molecule has 1 aromatic carbocycles. The van der Waals surface area contributed by atoms with E-state index < -0.39 is 0 Å². The van der Waals surface area contributed by atoms with Crippen LogP contribution in [0.4, 0.5) is 0 Å². The van der Waals surface area contributed by atoms with E-state index in [9.17, 15) is 0 Å². The molecular formula is C14H23NO2. The van der Waals surface area contributed by atoms with Crippen LogP contribution in [0, 0.1) is 0 Å². The molecule has 0 aromatic heterocycles. The molecule has 1 aromatic rings. The van der Waals surface area contributed by atoms with Crippen molar-refractivity contribution in [3.63, 3.8) is 0 Å². The van der Waals surface area contributed by atoms with Gasteiger partial charge in [-0.05, 0) is 26.8 Å². The van der Waals surface area contributed by atoms with Gasteiger partial charge in [0, 0.05) is 24.8 Å². The highest BCUT2D eigenvalue weighted by Crippen LogP contribution is 2.17. The molecule has 0 fully saturated rings. The van der Waals surface area contributed by atoms with Gasteiger partial charge in [-0.2, -0.15) is 0 Å². The first kappa shape index (κ1) is 14.0. The third kappa shape index (κ3) is 5.20. The molecule has 0 radical (unpaired) electrons. The minimum Gasteiger partial charge on any atom is -0.494 e. The molecule has 1 N–H and O–H groups in total. The molecule has 3 nitrogen and oxygen atoms in total. The van der Waals surface area contributed by atoms with E-state index in [-0.39, 0.29) is 0 Å². The largest absolute Gasteiger partial charge is 0.494 e. The van der Waals surface area contributed by atoms with E-state index in [0.717, 1.165) is 25.5 Å². The highest BCUT2D eigenvalue weighted by Gasteiger charge is 2.05. The van der Waals surface area contributed by atoms with Gasteiger partial charge in [-0.25, -0.2) is 0 Å². The zero-order valence-corrected chi connectivity index (χ0v) is 11.0. The number of rotatable bonds is 8. The first-order chi connectivity index (χ1) is 8.27. The first-order valence-electron chi connectivity index (χ1n) is 6.29. The highest BCUT2D eigenvalue weighted by molar-refractivity contribution is 5.33. The van der Waals surface area contributed by atoms with Crippen molar-refractivity contribution in [1.29, 1.82) is 0 Å². The summed E-state index contributed by atoms with van der Waals surface area (Å²) in [6.07, 6.45) is 0. The van der Waals surface area contributed by atoms with Gasteiger partial charge in [-0.1, -0.05) is 18.2 Å². The Balaban J connectivity index is 2.44. The molecule has 1 atom stereocenters. The van der Waals surface area contributed by atoms with Crippen LogP contribution in [-0.2, 0) is 11.3 Å². The molecule has 0 amide bonds. The molecule has 17 heavy (non-hydrogen) atoms. The molecule has 0 aliphatic carbocycles. The Morgan fingerprint density at radius 1 is 1.18 bits per heavy atom. The van der Waals surface area contributed by atoms with Crippen LogP contribution in [0.15, 0.2) is 24.3 Å². The van der Waals surface area contributed by atoms with Crippen molar-refractivity contribution in [2.24, 2.45) is 0 Å². The summed E-state index contributed by atoms with van der Waals surface area (Å²) in [6, 6.07) is 8.48. The number of nitrogens with one attached hydrogen (secondary N) is 1. The zero-order valence-electron chi connectivity index (χ0n) is 11.0. The first-order valence-corrected chi connectivity index (χ1v) is 6.29. The lowest BCUT2D eigenvalue weighted by atomic mass is 10.2.